The highest BCUT2D eigenvalue weighted by Crippen LogP contribution is 2.38. The van der Waals surface area contributed by atoms with Gasteiger partial charge in [0.2, 0.25) is 5.83 Å². The van der Waals surface area contributed by atoms with Gasteiger partial charge in [0.25, 0.3) is 0 Å². The third-order valence-corrected chi connectivity index (χ3v) is 4.63. The smallest absolute Gasteiger partial charge is 0.410 e. The van der Waals surface area contributed by atoms with Crippen LogP contribution >= 0.6 is 0 Å². The summed E-state index contributed by atoms with van der Waals surface area (Å²) in [6.45, 7) is 0.285. The summed E-state index contributed by atoms with van der Waals surface area (Å²) in [6.07, 6.45) is -13.2. The standard InChI is InChI=1S/C16H12F9NO7S/c1-8(17)11(27)33-14(16(23,24)25,32-7-6-13(18,19)34(29,30)31)12(28)26-10-4-2-9(3-5-10)15(20,21)22/h2-5H,1,6-7H2,(H,26,28)(H,29,30,31). The Kier molecular flexibility index (Phi) is 8.40. The Morgan fingerprint density at radius 1 is 1.00 bits per heavy atom. The first-order chi connectivity index (χ1) is 15.1. The summed E-state index contributed by atoms with van der Waals surface area (Å²) >= 11 is 0. The van der Waals surface area contributed by atoms with E-state index in [1.807, 2.05) is 0 Å². The van der Waals surface area contributed by atoms with Crippen molar-refractivity contribution in [3.8, 4) is 0 Å². The molecule has 0 aliphatic heterocycles. The molecule has 8 nitrogen and oxygen atoms in total. The predicted molar refractivity (Wildman–Crippen MR) is 92.3 cm³/mol. The highest BCUT2D eigenvalue weighted by Gasteiger charge is 2.67. The molecule has 0 fully saturated rings. The number of esters is 1. The number of rotatable bonds is 9. The molecule has 1 atom stereocenters. The normalized spacial score (nSPS) is 14.8. The Morgan fingerprint density at radius 3 is 1.88 bits per heavy atom. The van der Waals surface area contributed by atoms with Crippen LogP contribution in [0, 0.1) is 0 Å². The van der Waals surface area contributed by atoms with E-state index in [9.17, 15) is 57.5 Å². The lowest BCUT2D eigenvalue weighted by Crippen LogP contribution is -2.60. The molecular weight excluding hydrogens is 521 g/mol. The summed E-state index contributed by atoms with van der Waals surface area (Å²) in [4.78, 5) is 23.7. The molecule has 0 saturated heterocycles. The molecule has 18 heteroatoms. The molecule has 1 aromatic carbocycles. The molecule has 0 heterocycles. The highest BCUT2D eigenvalue weighted by atomic mass is 32.2. The van der Waals surface area contributed by atoms with E-state index in [1.54, 1.807) is 0 Å². The van der Waals surface area contributed by atoms with Crippen LogP contribution in [0.1, 0.15) is 12.0 Å². The molecule has 0 spiro atoms. The third-order valence-electron chi connectivity index (χ3n) is 3.68. The molecule has 1 unspecified atom stereocenters. The zero-order chi connectivity index (χ0) is 26.8. The molecule has 1 rings (SSSR count). The van der Waals surface area contributed by atoms with Gasteiger partial charge in [0.15, 0.2) is 0 Å². The third kappa shape index (κ3) is 6.83. The fraction of sp³-hybridized carbons (Fsp3) is 0.375. The van der Waals surface area contributed by atoms with Crippen molar-refractivity contribution in [2.75, 3.05) is 11.9 Å². The van der Waals surface area contributed by atoms with Crippen molar-refractivity contribution in [1.82, 2.24) is 0 Å². The van der Waals surface area contributed by atoms with Gasteiger partial charge in [0, 0.05) is 5.69 Å². The number of alkyl halides is 8. The highest BCUT2D eigenvalue weighted by molar-refractivity contribution is 7.86. The summed E-state index contributed by atoms with van der Waals surface area (Å²) in [5.74, 6) is -12.2. The van der Waals surface area contributed by atoms with Crippen molar-refractivity contribution in [2.45, 2.75) is 29.8 Å². The molecule has 1 aromatic rings. The minimum atomic E-state index is -6.15. The minimum Gasteiger partial charge on any atom is -0.410 e. The van der Waals surface area contributed by atoms with Crippen molar-refractivity contribution in [2.24, 2.45) is 0 Å². The van der Waals surface area contributed by atoms with E-state index in [0.29, 0.717) is 24.3 Å². The van der Waals surface area contributed by atoms with Gasteiger partial charge in [-0.1, -0.05) is 6.58 Å². The Hall–Kier alpha value is -2.86. The maximum atomic E-state index is 13.7. The number of hydrogen-bond acceptors (Lipinski definition) is 6. The summed E-state index contributed by atoms with van der Waals surface area (Å²) < 4.78 is 156. The van der Waals surface area contributed by atoms with Crippen LogP contribution in [0.25, 0.3) is 0 Å². The molecule has 192 valence electrons. The average Bonchev–Trinajstić information content (AvgIpc) is 2.64. The fourth-order valence-corrected chi connectivity index (χ4v) is 2.34. The van der Waals surface area contributed by atoms with Crippen LogP contribution in [-0.2, 0) is 35.4 Å². The number of carbonyl (C=O) groups is 2. The lowest BCUT2D eigenvalue weighted by molar-refractivity contribution is -0.346. The first kappa shape index (κ1) is 29.2. The second-order valence-electron chi connectivity index (χ2n) is 6.15. The molecule has 1 amide bonds. The van der Waals surface area contributed by atoms with Gasteiger partial charge < -0.3 is 14.8 Å². The topological polar surface area (TPSA) is 119 Å². The van der Waals surface area contributed by atoms with Crippen LogP contribution in [0.2, 0.25) is 0 Å². The molecule has 0 radical (unpaired) electrons. The van der Waals surface area contributed by atoms with Gasteiger partial charge in [0.1, 0.15) is 0 Å². The van der Waals surface area contributed by atoms with Gasteiger partial charge in [0.05, 0.1) is 18.6 Å². The van der Waals surface area contributed by atoms with Crippen LogP contribution < -0.4 is 5.32 Å². The van der Waals surface area contributed by atoms with Crippen molar-refractivity contribution in [3.63, 3.8) is 0 Å². The van der Waals surface area contributed by atoms with Gasteiger partial charge in [-0.25, -0.2) is 4.79 Å². The largest absolute Gasteiger partial charge is 0.466 e. The number of amides is 1. The van der Waals surface area contributed by atoms with Gasteiger partial charge in [-0.05, 0) is 24.3 Å². The molecule has 34 heavy (non-hydrogen) atoms. The summed E-state index contributed by atoms with van der Waals surface area (Å²) in [5, 5.41) is -3.73. The Balaban J connectivity index is 3.36. The number of anilines is 1. The van der Waals surface area contributed by atoms with Gasteiger partial charge in [-0.15, -0.1) is 0 Å². The predicted octanol–water partition coefficient (Wildman–Crippen LogP) is 3.82. The molecule has 0 bridgehead atoms. The van der Waals surface area contributed by atoms with Gasteiger partial charge in [-0.3, -0.25) is 9.35 Å². The maximum Gasteiger partial charge on any atom is 0.466 e. The zero-order valence-corrected chi connectivity index (χ0v) is 17.0. The van der Waals surface area contributed by atoms with Crippen molar-refractivity contribution >= 4 is 27.7 Å². The Bertz CT molecular complexity index is 1040. The molecular formula is C16H12F9NO7S. The van der Waals surface area contributed by atoms with E-state index < -0.39 is 75.5 Å². The number of hydrogen-bond donors (Lipinski definition) is 2. The Morgan fingerprint density at radius 2 is 1.50 bits per heavy atom. The van der Waals surface area contributed by atoms with E-state index in [1.165, 1.54) is 5.32 Å². The molecule has 0 aromatic heterocycles. The Labute approximate surface area is 184 Å². The molecule has 0 aliphatic rings. The van der Waals surface area contributed by atoms with Crippen LogP contribution in [-0.4, -0.2) is 48.7 Å². The number of ether oxygens (including phenoxy) is 2. The van der Waals surface area contributed by atoms with E-state index in [-0.39, 0.29) is 0 Å². The van der Waals surface area contributed by atoms with Crippen LogP contribution in [0.5, 0.6) is 0 Å². The minimum absolute atomic E-state index is 0.327. The average molecular weight is 533 g/mol. The monoisotopic (exact) mass is 533 g/mol. The van der Waals surface area contributed by atoms with Crippen molar-refractivity contribution in [1.29, 1.82) is 0 Å². The van der Waals surface area contributed by atoms with Crippen LogP contribution in [0.4, 0.5) is 45.2 Å². The number of halogens is 9. The van der Waals surface area contributed by atoms with Crippen molar-refractivity contribution in [3.05, 3.63) is 42.2 Å². The van der Waals surface area contributed by atoms with E-state index in [0.717, 1.165) is 0 Å². The molecule has 2 N–H and O–H groups in total. The van der Waals surface area contributed by atoms with Gasteiger partial charge >= 0.3 is 45.4 Å². The summed E-state index contributed by atoms with van der Waals surface area (Å²) in [5.41, 5.74) is -2.05. The van der Waals surface area contributed by atoms with Crippen LogP contribution in [0.15, 0.2) is 36.7 Å². The quantitative estimate of drug-likeness (QED) is 0.163. The van der Waals surface area contributed by atoms with Gasteiger partial charge in [-0.2, -0.15) is 47.9 Å². The number of benzene rings is 1. The maximum absolute atomic E-state index is 13.7. The fourth-order valence-electron chi connectivity index (χ4n) is 1.99. The zero-order valence-electron chi connectivity index (χ0n) is 16.1. The summed E-state index contributed by atoms with van der Waals surface area (Å²) in [6, 6.07) is 1.58. The van der Waals surface area contributed by atoms with Crippen LogP contribution in [0.3, 0.4) is 0 Å². The lowest BCUT2D eigenvalue weighted by Gasteiger charge is -2.33. The second kappa shape index (κ2) is 9.79. The van der Waals surface area contributed by atoms with E-state index >= 15 is 0 Å². The molecule has 0 aliphatic carbocycles. The first-order valence-corrected chi connectivity index (χ1v) is 9.70. The molecule has 0 saturated carbocycles. The number of nitrogens with one attached hydrogen (secondary N) is 1. The first-order valence-electron chi connectivity index (χ1n) is 8.26. The lowest BCUT2D eigenvalue weighted by atomic mass is 10.1. The second-order valence-corrected chi connectivity index (χ2v) is 7.70. The SMILES string of the molecule is C=C(F)C(=O)OC(OCCC(F)(F)S(=O)(=O)O)(C(=O)Nc1ccc(C(F)(F)F)cc1)C(F)(F)F. The van der Waals surface area contributed by atoms with E-state index in [4.69, 9.17) is 4.55 Å². The summed E-state index contributed by atoms with van der Waals surface area (Å²) in [7, 11) is -6.15. The van der Waals surface area contributed by atoms with Crippen molar-refractivity contribution < 1.29 is 71.5 Å². The van der Waals surface area contributed by atoms with E-state index in [2.05, 4.69) is 16.1 Å². The number of carbonyl (C=O) groups excluding carboxylic acids is 2.